The van der Waals surface area contributed by atoms with Crippen molar-refractivity contribution in [2.45, 2.75) is 118 Å². The zero-order chi connectivity index (χ0) is 74.4. The fourth-order valence-corrected chi connectivity index (χ4v) is 7.69. The molecule has 4 aromatic heterocycles. The number of carbonyl (C=O) groups excluding carboxylic acids is 5. The Bertz CT molecular complexity index is 3720. The second kappa shape index (κ2) is 48.0. The van der Waals surface area contributed by atoms with Gasteiger partial charge in [-0.1, -0.05) is 11.6 Å². The molecule has 0 saturated heterocycles. The van der Waals surface area contributed by atoms with Gasteiger partial charge in [-0.25, -0.2) is 51.2 Å². The van der Waals surface area contributed by atoms with Crippen molar-refractivity contribution in [3.8, 4) is 23.1 Å². The number of hydrogen-bond donors (Lipinski definition) is 4. The van der Waals surface area contributed by atoms with Crippen LogP contribution in [-0.4, -0.2) is 184 Å². The second-order valence-electron chi connectivity index (χ2n) is 23.3. The van der Waals surface area contributed by atoms with Crippen LogP contribution in [0.5, 0.6) is 23.1 Å². The van der Waals surface area contributed by atoms with Gasteiger partial charge < -0.3 is 79.9 Å². The van der Waals surface area contributed by atoms with E-state index >= 15 is 0 Å². The van der Waals surface area contributed by atoms with Crippen molar-refractivity contribution in [1.82, 2.24) is 43.9 Å². The number of fused-ring (bicyclic) bond motifs is 2. The van der Waals surface area contributed by atoms with Crippen LogP contribution in [0.4, 0.5) is 27.6 Å². The molecule has 7 aromatic rings. The molecule has 7 rings (SSSR count). The van der Waals surface area contributed by atoms with Crippen LogP contribution in [-0.2, 0) is 28.6 Å². The molecule has 3 aromatic carbocycles. The van der Waals surface area contributed by atoms with E-state index < -0.39 is 76.7 Å². The predicted octanol–water partition coefficient (Wildman–Crippen LogP) is 5.10. The molecule has 0 spiro atoms. The van der Waals surface area contributed by atoms with Gasteiger partial charge in [0.1, 0.15) is 88.4 Å². The quantitative estimate of drug-likeness (QED) is 0.0113. The summed E-state index contributed by atoms with van der Waals surface area (Å²) in [6.07, 6.45) is 2.09. The predicted molar refractivity (Wildman–Crippen MR) is 359 cm³/mol. The molecule has 36 heteroatoms. The van der Waals surface area contributed by atoms with Crippen LogP contribution in [0.3, 0.4) is 0 Å². The third kappa shape index (κ3) is 37.4. The van der Waals surface area contributed by atoms with Gasteiger partial charge in [-0.2, -0.15) is 15.2 Å². The molecule has 0 bridgehead atoms. The van der Waals surface area contributed by atoms with Crippen LogP contribution in [0, 0.1) is 24.4 Å². The molecule has 0 aliphatic carbocycles. The fourth-order valence-electron chi connectivity index (χ4n) is 7.30. The Morgan fingerprint density at radius 3 is 1.51 bits per heavy atom. The van der Waals surface area contributed by atoms with Gasteiger partial charge in [0.25, 0.3) is 6.47 Å². The third-order valence-electron chi connectivity index (χ3n) is 11.9. The summed E-state index contributed by atoms with van der Waals surface area (Å²) in [5.41, 5.74) is -0.0640. The summed E-state index contributed by atoms with van der Waals surface area (Å²) in [7, 11) is 4.84. The van der Waals surface area contributed by atoms with E-state index in [2.05, 4.69) is 32.0 Å². The number of aromatic carboxylic acids is 1. The molecule has 28 nitrogen and oxygen atoms in total. The molecular formula is C65H86Cl3Cs2F3N9O19+. The topological polar surface area (TPSA) is 350 Å². The molecule has 0 aliphatic rings. The monoisotopic (exact) mass is 1720 g/mol. The molecular weight excluding hydrogens is 1640 g/mol. The summed E-state index contributed by atoms with van der Waals surface area (Å²) in [5.74, 6) is -1.73. The summed E-state index contributed by atoms with van der Waals surface area (Å²) < 4.78 is 80.0. The van der Waals surface area contributed by atoms with E-state index in [0.29, 0.717) is 58.0 Å². The SMILES string of the molecule is CC(Oc1ccn2ncc(C(=O)O)c2n1)c1cc(F)ccc1OCCN(C)C(=O)OC(C)(C)C.CCOC(=O)c1cnn2ccc(Cl)nc12.CN(CCCl)C(=O)OC(C)(C)C.C[C@@H](O)c1cc(F)ccc1O.Cl.O=CO[O-].[CH2+]C(C)(C)OC(=O)N(C)CCOc1ccc(F)cc1[C@@H](C)O.[Cs+].[Cs+].[H-]. The number of halogens is 6. The molecule has 0 saturated carbocycles. The molecule has 101 heavy (non-hydrogen) atoms. The standard InChI is InChI=1S/C23H27FN4O6.C16H23FNO4.C9H8ClN3O2.C8H16ClNO2.C8H9FO2.CH2O3.ClH.2Cs.H/c1-14(33-19-8-9-28-20(26-19)17(13-25-28)21(29)30)16-12-15(24)6-7-18(16)32-11-10-27(5)22(31)34-23(2,3)4;1-11(19)13-10-12(17)6-7-14(13)21-9-8-18(5)15(20)22-16(2,3)4;1-2-15-9(14)6-5-11-13-4-3-7(10)12-8(6)13;1-8(2,3)12-7(11)10(4)6-5-9;1-5(10)7-4-6(9)2-3-8(7)11;2-1-4-3;;;;/h6-9,12-14H,10-11H2,1-5H3,(H,29,30);6-7,10-11,19H,2,8-9H2,1,3-5H3;3-5H,2H2,1H3;5-6H2,1-4H3;2-5,10-11H,1H3;1,3H;1H;;;/q;+1;;;;;;2*+1;-1/p-1/t;11-;;;5-;;;;;/m.1..1...../s1. The van der Waals surface area contributed by atoms with E-state index in [0.717, 1.165) is 12.1 Å². The summed E-state index contributed by atoms with van der Waals surface area (Å²) in [6, 6.07) is 14.6. The number of phenolic OH excluding ortho intramolecular Hbond substituents is 1. The number of ether oxygens (including phenoxy) is 7. The van der Waals surface area contributed by atoms with Crippen LogP contribution in [0.2, 0.25) is 5.15 Å². The van der Waals surface area contributed by atoms with E-state index in [1.807, 2.05) is 20.8 Å². The van der Waals surface area contributed by atoms with Gasteiger partial charge in [0.15, 0.2) is 11.3 Å². The smallest absolute Gasteiger partial charge is 1.00 e. The van der Waals surface area contributed by atoms with Gasteiger partial charge in [-0.05, 0) is 130 Å². The van der Waals surface area contributed by atoms with Crippen molar-refractivity contribution in [1.29, 1.82) is 0 Å². The zero-order valence-corrected chi connectivity index (χ0v) is 74.3. The van der Waals surface area contributed by atoms with Crippen LogP contribution >= 0.6 is 35.6 Å². The summed E-state index contributed by atoms with van der Waals surface area (Å²) in [6.45, 7) is 25.8. The maximum absolute atomic E-state index is 14.0. The summed E-state index contributed by atoms with van der Waals surface area (Å²) in [4.78, 5) is 81.5. The van der Waals surface area contributed by atoms with E-state index in [1.165, 1.54) is 105 Å². The van der Waals surface area contributed by atoms with Crippen molar-refractivity contribution < 1.29 is 245 Å². The number of carboxylic acid groups (broad SMARTS) is 1. The van der Waals surface area contributed by atoms with Gasteiger partial charge >= 0.3 is 168 Å². The number of benzene rings is 3. The fraction of sp³-hybridized carbons (Fsp3) is 0.431. The number of carboxylic acids is 1. The minimum atomic E-state index is -1.16. The van der Waals surface area contributed by atoms with Crippen LogP contribution < -0.4 is 157 Å². The van der Waals surface area contributed by atoms with E-state index in [-0.39, 0.29) is 219 Å². The number of aromatic hydroxyl groups is 1. The maximum Gasteiger partial charge on any atom is 1.00 e. The first-order valence-electron chi connectivity index (χ1n) is 29.7. The number of phenols is 1. The minimum absolute atomic E-state index is 0. The number of nitrogens with zero attached hydrogens (tertiary/aromatic N) is 9. The normalized spacial score (nSPS) is 11.4. The average Bonchev–Trinajstić information content (AvgIpc) is 1.64. The van der Waals surface area contributed by atoms with Crippen molar-refractivity contribution in [3.63, 3.8) is 0 Å². The second-order valence-corrected chi connectivity index (χ2v) is 24.1. The van der Waals surface area contributed by atoms with E-state index in [4.69, 9.17) is 76.6 Å². The maximum atomic E-state index is 14.0. The Morgan fingerprint density at radius 2 is 1.09 bits per heavy atom. The number of rotatable bonds is 20. The number of aliphatic hydroxyl groups excluding tert-OH is 2. The molecule has 3 atom stereocenters. The Kier molecular flexibility index (Phi) is 46.6. The molecule has 548 valence electrons. The van der Waals surface area contributed by atoms with Crippen molar-refractivity contribution in [2.24, 2.45) is 0 Å². The number of likely N-dealkylation sites (N-methyl/N-ethyl adjacent to an activating group) is 2. The number of esters is 1. The average molecular weight is 1730 g/mol. The van der Waals surface area contributed by atoms with Crippen molar-refractivity contribution in [3.05, 3.63) is 149 Å². The van der Waals surface area contributed by atoms with Crippen LogP contribution in [0.15, 0.2) is 91.5 Å². The Balaban J connectivity index is -0.00000125. The van der Waals surface area contributed by atoms with Gasteiger partial charge in [0.05, 0.1) is 44.3 Å². The van der Waals surface area contributed by atoms with Crippen LogP contribution in [0.25, 0.3) is 11.3 Å². The summed E-state index contributed by atoms with van der Waals surface area (Å²) in [5, 5.41) is 53.6. The molecule has 1 unspecified atom stereocenters. The molecule has 0 fully saturated rings. The Labute approximate surface area is 719 Å². The number of amides is 3. The molecule has 0 aliphatic heterocycles. The first-order chi connectivity index (χ1) is 45.6. The van der Waals surface area contributed by atoms with Crippen LogP contribution in [0.1, 0.15) is 140 Å². The van der Waals surface area contributed by atoms with Gasteiger partial charge in [-0.3, -0.25) is 4.79 Å². The first-order valence-corrected chi connectivity index (χ1v) is 30.6. The van der Waals surface area contributed by atoms with Gasteiger partial charge in [0, 0.05) is 82.6 Å². The van der Waals surface area contributed by atoms with Gasteiger partial charge in [-0.15, -0.1) is 24.0 Å². The summed E-state index contributed by atoms with van der Waals surface area (Å²) >= 11 is 11.2. The molecule has 3 amide bonds. The largest absolute Gasteiger partial charge is 1.00 e. The zero-order valence-electron chi connectivity index (χ0n) is 60.4. The van der Waals surface area contributed by atoms with E-state index in [1.54, 1.807) is 81.9 Å². The van der Waals surface area contributed by atoms with E-state index in [9.17, 15) is 47.4 Å². The molecule has 4 N–H and O–H groups in total. The van der Waals surface area contributed by atoms with Crippen molar-refractivity contribution in [2.75, 3.05) is 66.5 Å². The third-order valence-corrected chi connectivity index (χ3v) is 12.3. The molecule has 0 radical (unpaired) electrons. The Hall–Kier alpha value is -5.17. The van der Waals surface area contributed by atoms with Gasteiger partial charge in [0.2, 0.25) is 11.5 Å². The first kappa shape index (κ1) is 97.9. The molecule has 4 heterocycles. The number of alkyl halides is 1. The number of hydrogen-bond acceptors (Lipinski definition) is 22. The number of carbonyl (C=O) groups is 6. The minimum Gasteiger partial charge on any atom is -1.00 e. The van der Waals surface area contributed by atoms with Crippen molar-refractivity contribution >= 4 is 83.6 Å². The number of aliphatic hydroxyl groups is 2. The Morgan fingerprint density at radius 1 is 0.673 bits per heavy atom. The number of aromatic nitrogens is 6.